The summed E-state index contributed by atoms with van der Waals surface area (Å²) in [6, 6.07) is 12.4. The molecule has 2 saturated heterocycles. The zero-order valence-corrected chi connectivity index (χ0v) is 23.3. The van der Waals surface area contributed by atoms with Crippen LogP contribution >= 0.6 is 27.7 Å². The number of nitrogens with one attached hydrogen (secondary N) is 1. The molecule has 0 aromatic heterocycles. The molecule has 0 radical (unpaired) electrons. The minimum Gasteiger partial charge on any atom is -0.490 e. The molecule has 0 saturated carbocycles. The van der Waals surface area contributed by atoms with Gasteiger partial charge < -0.3 is 19.7 Å². The number of nitrogens with zero attached hydrogens (tertiary/aromatic N) is 2. The van der Waals surface area contributed by atoms with E-state index in [4.69, 9.17) is 9.47 Å². The van der Waals surface area contributed by atoms with Gasteiger partial charge in [-0.1, -0.05) is 34.1 Å². The summed E-state index contributed by atoms with van der Waals surface area (Å²) < 4.78 is 12.0. The van der Waals surface area contributed by atoms with E-state index in [1.807, 2.05) is 25.1 Å². The summed E-state index contributed by atoms with van der Waals surface area (Å²) in [7, 11) is 0. The SMILES string of the molecule is CCOc1cc(/C=C2\SC(=O)N(CC(=O)N3CCCCC3)C2=O)c(Br)cc1OCC(=O)Nc1ccccc1. The van der Waals surface area contributed by atoms with Gasteiger partial charge in [-0.15, -0.1) is 0 Å². The van der Waals surface area contributed by atoms with Gasteiger partial charge in [0, 0.05) is 23.2 Å². The minimum atomic E-state index is -0.506. The van der Waals surface area contributed by atoms with Crippen LogP contribution in [0.25, 0.3) is 6.08 Å². The lowest BCUT2D eigenvalue weighted by molar-refractivity contribution is -0.136. The van der Waals surface area contributed by atoms with Gasteiger partial charge in [0.15, 0.2) is 18.1 Å². The average molecular weight is 603 g/mol. The number of halogens is 1. The van der Waals surface area contributed by atoms with E-state index in [1.54, 1.807) is 35.2 Å². The number of ether oxygens (including phenoxy) is 2. The maximum atomic E-state index is 13.0. The molecular formula is C27H28BrN3O6S. The molecular weight excluding hydrogens is 574 g/mol. The lowest BCUT2D eigenvalue weighted by Gasteiger charge is -2.27. The number of para-hydroxylation sites is 1. The first-order valence-electron chi connectivity index (χ1n) is 12.3. The second kappa shape index (κ2) is 13.0. The molecule has 2 aliphatic rings. The third kappa shape index (κ3) is 6.96. The molecule has 9 nitrogen and oxygen atoms in total. The van der Waals surface area contributed by atoms with E-state index in [0.29, 0.717) is 46.9 Å². The highest BCUT2D eigenvalue weighted by atomic mass is 79.9. The van der Waals surface area contributed by atoms with Crippen molar-refractivity contribution in [1.82, 2.24) is 9.80 Å². The first kappa shape index (κ1) is 27.7. The van der Waals surface area contributed by atoms with E-state index in [1.165, 1.54) is 0 Å². The zero-order valence-electron chi connectivity index (χ0n) is 20.9. The molecule has 200 valence electrons. The summed E-state index contributed by atoms with van der Waals surface area (Å²) >= 11 is 4.28. The molecule has 0 atom stereocenters. The van der Waals surface area contributed by atoms with E-state index < -0.39 is 11.1 Å². The van der Waals surface area contributed by atoms with Gasteiger partial charge >= 0.3 is 0 Å². The number of hydrogen-bond donors (Lipinski definition) is 1. The van der Waals surface area contributed by atoms with Gasteiger partial charge in [0.25, 0.3) is 17.1 Å². The molecule has 4 rings (SSSR count). The minimum absolute atomic E-state index is 0.209. The molecule has 11 heteroatoms. The van der Waals surface area contributed by atoms with Crippen LogP contribution in [0.1, 0.15) is 31.7 Å². The number of hydrogen-bond acceptors (Lipinski definition) is 7. The second-order valence-corrected chi connectivity index (χ2v) is 10.5. The fourth-order valence-corrected chi connectivity index (χ4v) is 5.33. The Balaban J connectivity index is 1.45. The molecule has 1 N–H and O–H groups in total. The highest BCUT2D eigenvalue weighted by Gasteiger charge is 2.37. The normalized spacial score (nSPS) is 16.6. The Bertz CT molecular complexity index is 1250. The number of imide groups is 1. The number of amides is 4. The van der Waals surface area contributed by atoms with Crippen LogP contribution in [-0.4, -0.2) is 65.6 Å². The van der Waals surface area contributed by atoms with E-state index in [0.717, 1.165) is 35.9 Å². The number of likely N-dealkylation sites (tertiary alicyclic amines) is 1. The first-order valence-corrected chi connectivity index (χ1v) is 13.9. The van der Waals surface area contributed by atoms with Crippen LogP contribution in [0.15, 0.2) is 51.8 Å². The van der Waals surface area contributed by atoms with Crippen LogP contribution in [0.5, 0.6) is 11.5 Å². The molecule has 38 heavy (non-hydrogen) atoms. The summed E-state index contributed by atoms with van der Waals surface area (Å²) in [5, 5.41) is 2.28. The lowest BCUT2D eigenvalue weighted by Crippen LogP contribution is -2.44. The smallest absolute Gasteiger partial charge is 0.294 e. The fourth-order valence-electron chi connectivity index (χ4n) is 4.06. The van der Waals surface area contributed by atoms with Gasteiger partial charge in [-0.3, -0.25) is 24.1 Å². The predicted molar refractivity (Wildman–Crippen MR) is 149 cm³/mol. The maximum absolute atomic E-state index is 13.0. The first-order chi connectivity index (χ1) is 18.4. The summed E-state index contributed by atoms with van der Waals surface area (Å²) in [4.78, 5) is 53.4. The molecule has 2 aromatic rings. The maximum Gasteiger partial charge on any atom is 0.294 e. The number of anilines is 1. The fraction of sp³-hybridized carbons (Fsp3) is 0.333. The van der Waals surface area contributed by atoms with Crippen molar-refractivity contribution in [1.29, 1.82) is 0 Å². The molecule has 2 heterocycles. The number of carbonyl (C=O) groups excluding carboxylic acids is 4. The summed E-state index contributed by atoms with van der Waals surface area (Å²) in [6.07, 6.45) is 4.52. The number of rotatable bonds is 9. The van der Waals surface area contributed by atoms with Crippen molar-refractivity contribution in [2.45, 2.75) is 26.2 Å². The number of benzene rings is 2. The number of piperidine rings is 1. The monoisotopic (exact) mass is 601 g/mol. The number of thioether (sulfide) groups is 1. The molecule has 4 amide bonds. The van der Waals surface area contributed by atoms with Crippen molar-refractivity contribution in [2.75, 3.05) is 38.2 Å². The van der Waals surface area contributed by atoms with E-state index >= 15 is 0 Å². The van der Waals surface area contributed by atoms with Crippen LogP contribution in [0, 0.1) is 0 Å². The van der Waals surface area contributed by atoms with Crippen LogP contribution < -0.4 is 14.8 Å². The third-order valence-electron chi connectivity index (χ3n) is 5.94. The third-order valence-corrected chi connectivity index (χ3v) is 7.54. The highest BCUT2D eigenvalue weighted by Crippen LogP contribution is 2.38. The predicted octanol–water partition coefficient (Wildman–Crippen LogP) is 4.91. The van der Waals surface area contributed by atoms with Gasteiger partial charge in [-0.25, -0.2) is 0 Å². The van der Waals surface area contributed by atoms with Crippen molar-refractivity contribution in [3.05, 3.63) is 57.4 Å². The Morgan fingerprint density at radius 2 is 1.76 bits per heavy atom. The Morgan fingerprint density at radius 1 is 1.05 bits per heavy atom. The van der Waals surface area contributed by atoms with Crippen LogP contribution in [-0.2, 0) is 14.4 Å². The Morgan fingerprint density at radius 3 is 2.47 bits per heavy atom. The summed E-state index contributed by atoms with van der Waals surface area (Å²) in [5.41, 5.74) is 1.25. The molecule has 0 aliphatic carbocycles. The summed E-state index contributed by atoms with van der Waals surface area (Å²) in [6.45, 7) is 2.98. The topological polar surface area (TPSA) is 105 Å². The van der Waals surface area contributed by atoms with E-state index in [-0.39, 0.29) is 29.9 Å². The van der Waals surface area contributed by atoms with Crippen LogP contribution in [0.2, 0.25) is 0 Å². The summed E-state index contributed by atoms with van der Waals surface area (Å²) in [5.74, 6) is -0.320. The van der Waals surface area contributed by atoms with E-state index in [9.17, 15) is 19.2 Å². The Kier molecular flexibility index (Phi) is 9.46. The highest BCUT2D eigenvalue weighted by molar-refractivity contribution is 9.10. The van der Waals surface area contributed by atoms with Crippen LogP contribution in [0.4, 0.5) is 10.5 Å². The van der Waals surface area contributed by atoms with Gasteiger partial charge in [-0.05, 0) is 73.9 Å². The van der Waals surface area contributed by atoms with Gasteiger partial charge in [0.1, 0.15) is 6.54 Å². The zero-order chi connectivity index (χ0) is 27.1. The molecule has 2 aliphatic heterocycles. The van der Waals surface area contributed by atoms with Crippen molar-refractivity contribution in [3.63, 3.8) is 0 Å². The lowest BCUT2D eigenvalue weighted by atomic mass is 10.1. The average Bonchev–Trinajstić information content (AvgIpc) is 3.18. The quantitative estimate of drug-likeness (QED) is 0.407. The van der Waals surface area contributed by atoms with Crippen molar-refractivity contribution >= 4 is 62.4 Å². The van der Waals surface area contributed by atoms with Crippen molar-refractivity contribution < 1.29 is 28.7 Å². The standard InChI is InChI=1S/C27H28BrN3O6S/c1-2-36-21-13-18(20(28)15-22(21)37-17-24(32)29-19-9-5-3-6-10-19)14-23-26(34)31(27(35)38-23)16-25(33)30-11-7-4-8-12-30/h3,5-6,9-10,13-15H,2,4,7-8,11-12,16-17H2,1H3,(H,29,32)/b23-14-. The van der Waals surface area contributed by atoms with Gasteiger partial charge in [0.05, 0.1) is 11.5 Å². The van der Waals surface area contributed by atoms with Crippen molar-refractivity contribution in [3.8, 4) is 11.5 Å². The van der Waals surface area contributed by atoms with Crippen LogP contribution in [0.3, 0.4) is 0 Å². The molecule has 0 spiro atoms. The molecule has 2 aromatic carbocycles. The second-order valence-electron chi connectivity index (χ2n) is 8.67. The van der Waals surface area contributed by atoms with Crippen molar-refractivity contribution in [2.24, 2.45) is 0 Å². The van der Waals surface area contributed by atoms with Gasteiger partial charge in [-0.2, -0.15) is 0 Å². The number of carbonyl (C=O) groups is 4. The molecule has 2 fully saturated rings. The molecule has 0 bridgehead atoms. The molecule has 0 unspecified atom stereocenters. The van der Waals surface area contributed by atoms with Gasteiger partial charge in [0.2, 0.25) is 5.91 Å². The largest absolute Gasteiger partial charge is 0.490 e. The van der Waals surface area contributed by atoms with E-state index in [2.05, 4.69) is 21.2 Å². The Hall–Kier alpha value is -3.31. The Labute approximate surface area is 233 Å².